The SMILES string of the molecule is CCC(NC(=O)/C(C#N)=C\Nc1cccc(Cl)c1Cl)c1ccc2c(c1)CCCC2. The minimum atomic E-state index is -0.428. The topological polar surface area (TPSA) is 64.9 Å². The summed E-state index contributed by atoms with van der Waals surface area (Å²) in [6, 6.07) is 13.4. The molecule has 6 heteroatoms. The van der Waals surface area contributed by atoms with Crippen LogP contribution in [0.15, 0.2) is 48.2 Å². The van der Waals surface area contributed by atoms with Gasteiger partial charge in [-0.2, -0.15) is 5.26 Å². The van der Waals surface area contributed by atoms with E-state index in [1.807, 2.05) is 13.0 Å². The second-order valence-corrected chi connectivity index (χ2v) is 7.87. The molecule has 0 aliphatic heterocycles. The number of anilines is 1. The molecular formula is C23H23Cl2N3O. The van der Waals surface area contributed by atoms with Crippen molar-refractivity contribution in [2.24, 2.45) is 0 Å². The Hall–Kier alpha value is -2.48. The van der Waals surface area contributed by atoms with E-state index >= 15 is 0 Å². The number of nitriles is 1. The van der Waals surface area contributed by atoms with Gasteiger partial charge in [0.25, 0.3) is 5.91 Å². The highest BCUT2D eigenvalue weighted by Gasteiger charge is 2.18. The van der Waals surface area contributed by atoms with Crippen molar-refractivity contribution in [3.05, 3.63) is 74.9 Å². The van der Waals surface area contributed by atoms with Gasteiger partial charge >= 0.3 is 0 Å². The number of carbonyl (C=O) groups excluding carboxylic acids is 1. The highest BCUT2D eigenvalue weighted by molar-refractivity contribution is 6.43. The Bertz CT molecular complexity index is 979. The lowest BCUT2D eigenvalue weighted by molar-refractivity contribution is -0.117. The van der Waals surface area contributed by atoms with E-state index in [1.165, 1.54) is 30.2 Å². The van der Waals surface area contributed by atoms with Gasteiger partial charge in [-0.25, -0.2) is 0 Å². The molecule has 0 saturated heterocycles. The Morgan fingerprint density at radius 3 is 2.69 bits per heavy atom. The number of fused-ring (bicyclic) bond motifs is 1. The van der Waals surface area contributed by atoms with Crippen LogP contribution < -0.4 is 10.6 Å². The molecule has 0 saturated carbocycles. The number of hydrogen-bond donors (Lipinski definition) is 2. The summed E-state index contributed by atoms with van der Waals surface area (Å²) in [4.78, 5) is 12.7. The Balaban J connectivity index is 1.73. The van der Waals surface area contributed by atoms with Gasteiger partial charge in [-0.15, -0.1) is 0 Å². The summed E-state index contributed by atoms with van der Waals surface area (Å²) in [5, 5.41) is 16.0. The summed E-state index contributed by atoms with van der Waals surface area (Å²) in [5.74, 6) is -0.428. The van der Waals surface area contributed by atoms with Crippen molar-refractivity contribution >= 4 is 34.8 Å². The first kappa shape index (κ1) is 21.2. The molecule has 150 valence electrons. The maximum Gasteiger partial charge on any atom is 0.263 e. The van der Waals surface area contributed by atoms with Gasteiger partial charge in [-0.1, -0.05) is 54.4 Å². The molecule has 1 unspecified atom stereocenters. The van der Waals surface area contributed by atoms with Gasteiger partial charge in [0.05, 0.1) is 21.8 Å². The van der Waals surface area contributed by atoms with Crippen LogP contribution in [0.4, 0.5) is 5.69 Å². The van der Waals surface area contributed by atoms with E-state index in [-0.39, 0.29) is 11.6 Å². The molecule has 0 radical (unpaired) electrons. The standard InChI is InChI=1S/C23H23Cl2N3O/c1-2-20(17-11-10-15-6-3-4-7-16(15)12-17)28-23(29)18(13-26)14-27-21-9-5-8-19(24)22(21)25/h5,8-12,14,20,27H,2-4,6-7H2,1H3,(H,28,29)/b18-14-. The molecule has 3 rings (SSSR count). The fourth-order valence-electron chi connectivity index (χ4n) is 3.54. The first-order valence-corrected chi connectivity index (χ1v) is 10.5. The number of amides is 1. The van der Waals surface area contributed by atoms with Crippen LogP contribution >= 0.6 is 23.2 Å². The average Bonchev–Trinajstić information content (AvgIpc) is 2.75. The lowest BCUT2D eigenvalue weighted by atomic mass is 9.88. The Labute approximate surface area is 181 Å². The monoisotopic (exact) mass is 427 g/mol. The van der Waals surface area contributed by atoms with Crippen LogP contribution in [0.3, 0.4) is 0 Å². The fraction of sp³-hybridized carbons (Fsp3) is 0.304. The Morgan fingerprint density at radius 1 is 1.21 bits per heavy atom. The van der Waals surface area contributed by atoms with Gasteiger partial charge in [-0.3, -0.25) is 4.79 Å². The van der Waals surface area contributed by atoms with Crippen LogP contribution in [0.25, 0.3) is 0 Å². The van der Waals surface area contributed by atoms with Crippen molar-refractivity contribution in [1.82, 2.24) is 5.32 Å². The van der Waals surface area contributed by atoms with Crippen LogP contribution in [-0.2, 0) is 17.6 Å². The van der Waals surface area contributed by atoms with E-state index in [0.717, 1.165) is 24.8 Å². The van der Waals surface area contributed by atoms with Crippen LogP contribution in [0.2, 0.25) is 10.0 Å². The summed E-state index contributed by atoms with van der Waals surface area (Å²) in [7, 11) is 0. The predicted molar refractivity (Wildman–Crippen MR) is 118 cm³/mol. The van der Waals surface area contributed by atoms with Gasteiger partial charge in [0.15, 0.2) is 0 Å². The zero-order valence-corrected chi connectivity index (χ0v) is 17.8. The Morgan fingerprint density at radius 2 is 1.97 bits per heavy atom. The maximum absolute atomic E-state index is 12.7. The highest BCUT2D eigenvalue weighted by atomic mass is 35.5. The smallest absolute Gasteiger partial charge is 0.263 e. The van der Waals surface area contributed by atoms with Gasteiger partial charge in [0.2, 0.25) is 0 Å². The first-order chi connectivity index (χ1) is 14.0. The van der Waals surface area contributed by atoms with Gasteiger partial charge < -0.3 is 10.6 Å². The van der Waals surface area contributed by atoms with Crippen molar-refractivity contribution in [2.45, 2.75) is 45.1 Å². The van der Waals surface area contributed by atoms with E-state index < -0.39 is 5.91 Å². The molecule has 1 aliphatic rings. The molecular weight excluding hydrogens is 405 g/mol. The molecule has 0 heterocycles. The molecule has 1 atom stereocenters. The number of hydrogen-bond acceptors (Lipinski definition) is 3. The number of nitrogens with zero attached hydrogens (tertiary/aromatic N) is 1. The van der Waals surface area contributed by atoms with Crippen LogP contribution in [0.1, 0.15) is 48.9 Å². The third-order valence-electron chi connectivity index (χ3n) is 5.18. The molecule has 2 aromatic carbocycles. The summed E-state index contributed by atoms with van der Waals surface area (Å²) in [6.07, 6.45) is 6.74. The lowest BCUT2D eigenvalue weighted by Crippen LogP contribution is -2.29. The molecule has 2 N–H and O–H groups in total. The average molecular weight is 428 g/mol. The quantitative estimate of drug-likeness (QED) is 0.441. The van der Waals surface area contributed by atoms with Crippen LogP contribution in [-0.4, -0.2) is 5.91 Å². The predicted octanol–water partition coefficient (Wildman–Crippen LogP) is 5.96. The molecule has 0 bridgehead atoms. The number of nitrogens with one attached hydrogen (secondary N) is 2. The van der Waals surface area contributed by atoms with Crippen molar-refractivity contribution in [3.8, 4) is 6.07 Å². The lowest BCUT2D eigenvalue weighted by Gasteiger charge is -2.21. The molecule has 1 aliphatic carbocycles. The Kier molecular flexibility index (Phi) is 7.19. The molecule has 0 aromatic heterocycles. The van der Waals surface area contributed by atoms with E-state index in [9.17, 15) is 10.1 Å². The number of halogens is 2. The first-order valence-electron chi connectivity index (χ1n) is 9.76. The zero-order chi connectivity index (χ0) is 20.8. The largest absolute Gasteiger partial charge is 0.359 e. The summed E-state index contributed by atoms with van der Waals surface area (Å²) < 4.78 is 0. The molecule has 4 nitrogen and oxygen atoms in total. The summed E-state index contributed by atoms with van der Waals surface area (Å²) >= 11 is 12.1. The molecule has 2 aromatic rings. The number of benzene rings is 2. The van der Waals surface area contributed by atoms with Crippen LogP contribution in [0.5, 0.6) is 0 Å². The molecule has 29 heavy (non-hydrogen) atoms. The molecule has 0 fully saturated rings. The minimum absolute atomic E-state index is 0.0301. The van der Waals surface area contributed by atoms with Crippen LogP contribution in [0, 0.1) is 11.3 Å². The molecule has 0 spiro atoms. The third kappa shape index (κ3) is 5.12. The number of carbonyl (C=O) groups is 1. The second kappa shape index (κ2) is 9.82. The normalized spacial score (nSPS) is 14.5. The van der Waals surface area contributed by atoms with Gasteiger partial charge in [0.1, 0.15) is 11.6 Å². The fourth-order valence-corrected chi connectivity index (χ4v) is 3.90. The molecule has 1 amide bonds. The van der Waals surface area contributed by atoms with Crippen molar-refractivity contribution in [2.75, 3.05) is 5.32 Å². The summed E-state index contributed by atoms with van der Waals surface area (Å²) in [6.45, 7) is 2.02. The van der Waals surface area contributed by atoms with E-state index in [2.05, 4.69) is 28.8 Å². The van der Waals surface area contributed by atoms with Crippen molar-refractivity contribution in [3.63, 3.8) is 0 Å². The zero-order valence-electron chi connectivity index (χ0n) is 16.3. The third-order valence-corrected chi connectivity index (χ3v) is 6.00. The van der Waals surface area contributed by atoms with E-state index in [4.69, 9.17) is 23.2 Å². The van der Waals surface area contributed by atoms with Crippen molar-refractivity contribution < 1.29 is 4.79 Å². The number of aryl methyl sites for hydroxylation is 2. The minimum Gasteiger partial charge on any atom is -0.359 e. The van der Waals surface area contributed by atoms with Crippen molar-refractivity contribution in [1.29, 1.82) is 5.26 Å². The second-order valence-electron chi connectivity index (χ2n) is 7.09. The van der Waals surface area contributed by atoms with Gasteiger partial charge in [-0.05, 0) is 60.9 Å². The van der Waals surface area contributed by atoms with E-state index in [0.29, 0.717) is 15.7 Å². The summed E-state index contributed by atoms with van der Waals surface area (Å²) in [5.41, 5.74) is 4.35. The van der Waals surface area contributed by atoms with Gasteiger partial charge in [0, 0.05) is 6.20 Å². The maximum atomic E-state index is 12.7. The van der Waals surface area contributed by atoms with E-state index in [1.54, 1.807) is 18.2 Å². The number of rotatable bonds is 6. The highest BCUT2D eigenvalue weighted by Crippen LogP contribution is 2.30.